The first-order chi connectivity index (χ1) is 5.81. The number of carbonyl (C=O) groups excluding carboxylic acids is 1. The summed E-state index contributed by atoms with van der Waals surface area (Å²) in [4.78, 5) is 10.5. The number of fused-ring (bicyclic) bond motifs is 1. The van der Waals surface area contributed by atoms with Crippen LogP contribution < -0.4 is 5.46 Å². The summed E-state index contributed by atoms with van der Waals surface area (Å²) in [5.74, 6) is 0. The van der Waals surface area contributed by atoms with Crippen LogP contribution >= 0.6 is 0 Å². The summed E-state index contributed by atoms with van der Waals surface area (Å²) in [7, 11) is 5.58. The molecule has 1 aromatic heterocycles. The highest BCUT2D eigenvalue weighted by Crippen LogP contribution is 2.11. The molecule has 56 valence electrons. The second-order valence-electron chi connectivity index (χ2n) is 2.65. The Morgan fingerprint density at radius 2 is 2.17 bits per heavy atom. The smallest absolute Gasteiger partial charge is 0.218 e. The summed E-state index contributed by atoms with van der Waals surface area (Å²) in [6, 6.07) is 7.32. The van der Waals surface area contributed by atoms with Crippen molar-refractivity contribution in [2.45, 2.75) is 0 Å². The predicted octanol–water partition coefficient (Wildman–Crippen LogP) is 0.473. The molecule has 2 radical (unpaired) electrons. The molecule has 3 heteroatoms. The van der Waals surface area contributed by atoms with Crippen molar-refractivity contribution in [2.24, 2.45) is 0 Å². The number of rotatable bonds is 1. The van der Waals surface area contributed by atoms with Gasteiger partial charge in [0.15, 0.2) is 0 Å². The predicted molar refractivity (Wildman–Crippen MR) is 49.5 cm³/mol. The van der Waals surface area contributed by atoms with Gasteiger partial charge in [0.05, 0.1) is 5.52 Å². The summed E-state index contributed by atoms with van der Waals surface area (Å²) in [6.07, 6.45) is 2.50. The van der Waals surface area contributed by atoms with E-state index in [-0.39, 0.29) is 0 Å². The van der Waals surface area contributed by atoms with Gasteiger partial charge in [0.2, 0.25) is 6.41 Å². The first kappa shape index (κ1) is 7.16. The highest BCUT2D eigenvalue weighted by atomic mass is 16.1. The Kier molecular flexibility index (Phi) is 1.50. The zero-order chi connectivity index (χ0) is 8.55. The lowest BCUT2D eigenvalue weighted by atomic mass is 9.95. The van der Waals surface area contributed by atoms with Crippen LogP contribution in [0.3, 0.4) is 0 Å². The van der Waals surface area contributed by atoms with Crippen LogP contribution in [0.15, 0.2) is 30.5 Å². The number of benzene rings is 1. The van der Waals surface area contributed by atoms with Gasteiger partial charge in [-0.05, 0) is 17.5 Å². The Balaban J connectivity index is 2.81. The molecule has 0 N–H and O–H groups in total. The SMILES string of the molecule is [B]c1ccc2c(ccn2C=O)c1. The standard InChI is InChI=1S/C9H6BNO/c10-8-1-2-9-7(5-8)3-4-11(9)6-12/h1-6H. The lowest BCUT2D eigenvalue weighted by Gasteiger charge is -1.95. The molecule has 0 atom stereocenters. The van der Waals surface area contributed by atoms with E-state index in [1.807, 2.05) is 18.2 Å². The lowest BCUT2D eigenvalue weighted by molar-refractivity contribution is 0.549. The van der Waals surface area contributed by atoms with Crippen LogP contribution in [-0.2, 0) is 4.79 Å². The van der Waals surface area contributed by atoms with Gasteiger partial charge in [-0.1, -0.05) is 17.6 Å². The van der Waals surface area contributed by atoms with Gasteiger partial charge in [0.1, 0.15) is 7.85 Å². The molecule has 0 bridgehead atoms. The number of hydrogen-bond acceptors (Lipinski definition) is 1. The quantitative estimate of drug-likeness (QED) is 0.433. The highest BCUT2D eigenvalue weighted by molar-refractivity contribution is 6.33. The van der Waals surface area contributed by atoms with E-state index in [0.717, 1.165) is 17.3 Å². The molecule has 0 spiro atoms. The van der Waals surface area contributed by atoms with Crippen molar-refractivity contribution in [1.29, 1.82) is 0 Å². The number of nitrogens with zero attached hydrogens (tertiary/aromatic N) is 1. The van der Waals surface area contributed by atoms with Crippen molar-refractivity contribution in [3.05, 3.63) is 30.5 Å². The first-order valence-electron chi connectivity index (χ1n) is 3.62. The Hall–Kier alpha value is -1.51. The van der Waals surface area contributed by atoms with Crippen LogP contribution in [0.5, 0.6) is 0 Å². The summed E-state index contributed by atoms with van der Waals surface area (Å²) in [5.41, 5.74) is 1.60. The molecule has 12 heavy (non-hydrogen) atoms. The summed E-state index contributed by atoms with van der Waals surface area (Å²) in [6.45, 7) is 0. The molecule has 0 amide bonds. The summed E-state index contributed by atoms with van der Waals surface area (Å²) >= 11 is 0. The van der Waals surface area contributed by atoms with Gasteiger partial charge in [-0.25, -0.2) is 0 Å². The molecule has 2 rings (SSSR count). The minimum absolute atomic E-state index is 0.714. The van der Waals surface area contributed by atoms with Gasteiger partial charge in [-0.3, -0.25) is 9.36 Å². The molecule has 1 heterocycles. The van der Waals surface area contributed by atoms with Gasteiger partial charge in [-0.15, -0.1) is 0 Å². The molecular weight excluding hydrogens is 149 g/mol. The van der Waals surface area contributed by atoms with E-state index in [4.69, 9.17) is 7.85 Å². The zero-order valence-corrected chi connectivity index (χ0v) is 6.40. The van der Waals surface area contributed by atoms with Gasteiger partial charge in [0.25, 0.3) is 0 Å². The Bertz CT molecular complexity index is 433. The fraction of sp³-hybridized carbons (Fsp3) is 0. The van der Waals surface area contributed by atoms with Gasteiger partial charge in [-0.2, -0.15) is 0 Å². The van der Waals surface area contributed by atoms with Crippen LogP contribution in [0.2, 0.25) is 0 Å². The highest BCUT2D eigenvalue weighted by Gasteiger charge is 1.97. The molecule has 1 aromatic carbocycles. The first-order valence-corrected chi connectivity index (χ1v) is 3.62. The molecule has 0 unspecified atom stereocenters. The molecule has 0 aliphatic heterocycles. The minimum atomic E-state index is 0.714. The largest absolute Gasteiger partial charge is 0.290 e. The van der Waals surface area contributed by atoms with Crippen molar-refractivity contribution in [2.75, 3.05) is 0 Å². The Morgan fingerprint density at radius 3 is 2.92 bits per heavy atom. The monoisotopic (exact) mass is 155 g/mol. The van der Waals surface area contributed by atoms with Crippen LogP contribution in [-0.4, -0.2) is 18.8 Å². The van der Waals surface area contributed by atoms with Gasteiger partial charge >= 0.3 is 0 Å². The van der Waals surface area contributed by atoms with Gasteiger partial charge < -0.3 is 0 Å². The Labute approximate surface area is 71.2 Å². The average Bonchev–Trinajstić information content (AvgIpc) is 2.46. The zero-order valence-electron chi connectivity index (χ0n) is 6.40. The van der Waals surface area contributed by atoms with Crippen molar-refractivity contribution in [3.8, 4) is 0 Å². The molecule has 0 fully saturated rings. The van der Waals surface area contributed by atoms with E-state index >= 15 is 0 Å². The number of hydrogen-bond donors (Lipinski definition) is 0. The van der Waals surface area contributed by atoms with E-state index < -0.39 is 0 Å². The summed E-state index contributed by atoms with van der Waals surface area (Å²) < 4.78 is 1.52. The third-order valence-electron chi connectivity index (χ3n) is 1.86. The number of carbonyl (C=O) groups is 1. The maximum absolute atomic E-state index is 10.5. The summed E-state index contributed by atoms with van der Waals surface area (Å²) in [5, 5.41) is 0.988. The fourth-order valence-corrected chi connectivity index (χ4v) is 1.27. The minimum Gasteiger partial charge on any atom is -0.290 e. The third-order valence-corrected chi connectivity index (χ3v) is 1.86. The van der Waals surface area contributed by atoms with E-state index in [1.165, 1.54) is 4.57 Å². The second-order valence-corrected chi connectivity index (χ2v) is 2.65. The van der Waals surface area contributed by atoms with Crippen molar-refractivity contribution in [1.82, 2.24) is 4.57 Å². The Morgan fingerprint density at radius 1 is 1.33 bits per heavy atom. The molecular formula is C9H6BNO. The molecule has 0 aliphatic carbocycles. The van der Waals surface area contributed by atoms with E-state index in [1.54, 1.807) is 12.3 Å². The topological polar surface area (TPSA) is 22.0 Å². The lowest BCUT2D eigenvalue weighted by Crippen LogP contribution is -2.00. The van der Waals surface area contributed by atoms with Crippen molar-refractivity contribution < 1.29 is 4.79 Å². The van der Waals surface area contributed by atoms with Crippen LogP contribution in [0.4, 0.5) is 0 Å². The molecule has 0 saturated heterocycles. The van der Waals surface area contributed by atoms with Crippen molar-refractivity contribution in [3.63, 3.8) is 0 Å². The molecule has 2 nitrogen and oxygen atoms in total. The third kappa shape index (κ3) is 0.943. The average molecular weight is 155 g/mol. The van der Waals surface area contributed by atoms with Crippen molar-refractivity contribution >= 4 is 30.6 Å². The van der Waals surface area contributed by atoms with Crippen LogP contribution in [0.25, 0.3) is 10.9 Å². The van der Waals surface area contributed by atoms with E-state index in [9.17, 15) is 4.79 Å². The van der Waals surface area contributed by atoms with Gasteiger partial charge in [0, 0.05) is 6.20 Å². The molecule has 0 saturated carbocycles. The van der Waals surface area contributed by atoms with E-state index in [2.05, 4.69) is 0 Å². The normalized spacial score (nSPS) is 10.3. The second kappa shape index (κ2) is 2.52. The van der Waals surface area contributed by atoms with E-state index in [0.29, 0.717) is 5.46 Å². The van der Waals surface area contributed by atoms with Crippen LogP contribution in [0, 0.1) is 0 Å². The maximum Gasteiger partial charge on any atom is 0.218 e. The fourth-order valence-electron chi connectivity index (χ4n) is 1.27. The maximum atomic E-state index is 10.5. The molecule has 2 aromatic rings. The molecule has 0 aliphatic rings. The van der Waals surface area contributed by atoms with Crippen LogP contribution in [0.1, 0.15) is 0 Å². The number of aromatic nitrogens is 1.